The maximum absolute atomic E-state index is 12.4. The molecule has 2 fully saturated rings. The number of urea groups is 1. The fourth-order valence-corrected chi connectivity index (χ4v) is 3.02. The van der Waals surface area contributed by atoms with E-state index in [1.807, 2.05) is 6.92 Å². The number of hydrogen-bond donors (Lipinski definition) is 1. The Labute approximate surface area is 117 Å². The van der Waals surface area contributed by atoms with Crippen LogP contribution in [0.25, 0.3) is 0 Å². The average molecular weight is 284 g/mol. The van der Waals surface area contributed by atoms with Gasteiger partial charge in [-0.3, -0.25) is 4.79 Å². The molecular weight excluding hydrogens is 264 g/mol. The van der Waals surface area contributed by atoms with Gasteiger partial charge in [0.25, 0.3) is 0 Å². The molecule has 112 valence electrons. The number of carboxylic acids is 1. The van der Waals surface area contributed by atoms with Crippen LogP contribution in [0.2, 0.25) is 0 Å². The van der Waals surface area contributed by atoms with Crippen LogP contribution in [0.15, 0.2) is 0 Å². The number of ether oxygens (including phenoxy) is 1. The van der Waals surface area contributed by atoms with E-state index in [4.69, 9.17) is 9.84 Å². The van der Waals surface area contributed by atoms with Gasteiger partial charge in [-0.25, -0.2) is 9.59 Å². The second-order valence-corrected chi connectivity index (χ2v) is 5.48. The number of aliphatic carboxylic acids is 1. The summed E-state index contributed by atoms with van der Waals surface area (Å²) < 4.78 is 4.73. The Kier molecular flexibility index (Phi) is 4.15. The molecule has 0 aromatic carbocycles. The van der Waals surface area contributed by atoms with Crippen LogP contribution in [0.5, 0.6) is 0 Å². The first kappa shape index (κ1) is 14.6. The molecule has 0 spiro atoms. The summed E-state index contributed by atoms with van der Waals surface area (Å²) in [6.45, 7) is 3.12. The third kappa shape index (κ3) is 2.57. The number of amides is 2. The fraction of sp³-hybridized carbons (Fsp3) is 0.769. The van der Waals surface area contributed by atoms with Crippen molar-refractivity contribution in [2.24, 2.45) is 11.8 Å². The number of methoxy groups -OCH3 is 1. The fourth-order valence-electron chi connectivity index (χ4n) is 3.02. The first-order valence-corrected chi connectivity index (χ1v) is 6.82. The Morgan fingerprint density at radius 1 is 1.25 bits per heavy atom. The predicted octanol–water partition coefficient (Wildman–Crippen LogP) is 0.396. The third-order valence-electron chi connectivity index (χ3n) is 4.17. The van der Waals surface area contributed by atoms with Crippen molar-refractivity contribution in [3.63, 3.8) is 0 Å². The smallest absolute Gasteiger partial charge is 0.326 e. The molecule has 2 amide bonds. The van der Waals surface area contributed by atoms with Crippen LogP contribution in [-0.2, 0) is 14.3 Å². The van der Waals surface area contributed by atoms with Crippen molar-refractivity contribution in [3.05, 3.63) is 0 Å². The minimum atomic E-state index is -0.965. The minimum Gasteiger partial charge on any atom is -0.480 e. The molecule has 2 heterocycles. The molecule has 0 aromatic rings. The van der Waals surface area contributed by atoms with E-state index in [2.05, 4.69) is 0 Å². The quantitative estimate of drug-likeness (QED) is 0.741. The van der Waals surface area contributed by atoms with Gasteiger partial charge in [-0.1, -0.05) is 6.92 Å². The van der Waals surface area contributed by atoms with Crippen LogP contribution in [0, 0.1) is 11.8 Å². The third-order valence-corrected chi connectivity index (χ3v) is 4.17. The number of rotatable bonds is 2. The van der Waals surface area contributed by atoms with Crippen LogP contribution in [0.4, 0.5) is 4.79 Å². The molecule has 2 aliphatic rings. The summed E-state index contributed by atoms with van der Waals surface area (Å²) in [5.74, 6) is -1.58. The number of esters is 1. The average Bonchev–Trinajstić information content (AvgIpc) is 3.03. The number of likely N-dealkylation sites (tertiary alicyclic amines) is 2. The number of hydrogen-bond acceptors (Lipinski definition) is 4. The summed E-state index contributed by atoms with van der Waals surface area (Å²) in [4.78, 5) is 38.1. The molecule has 0 radical (unpaired) electrons. The topological polar surface area (TPSA) is 87.2 Å². The first-order chi connectivity index (χ1) is 9.45. The van der Waals surface area contributed by atoms with Crippen LogP contribution in [-0.4, -0.2) is 65.7 Å². The van der Waals surface area contributed by atoms with E-state index in [9.17, 15) is 14.4 Å². The summed E-state index contributed by atoms with van der Waals surface area (Å²) in [5.41, 5.74) is 0. The molecule has 7 heteroatoms. The number of carbonyl (C=O) groups is 3. The maximum Gasteiger partial charge on any atom is 0.326 e. The van der Waals surface area contributed by atoms with Gasteiger partial charge in [0.2, 0.25) is 0 Å². The van der Waals surface area contributed by atoms with E-state index in [1.165, 1.54) is 12.0 Å². The van der Waals surface area contributed by atoms with Gasteiger partial charge in [-0.15, -0.1) is 0 Å². The van der Waals surface area contributed by atoms with Crippen molar-refractivity contribution in [3.8, 4) is 0 Å². The van der Waals surface area contributed by atoms with Gasteiger partial charge in [0, 0.05) is 19.6 Å². The molecule has 2 aliphatic heterocycles. The number of carbonyl (C=O) groups excluding carboxylic acids is 2. The summed E-state index contributed by atoms with van der Waals surface area (Å²) in [6.07, 6.45) is 1.19. The summed E-state index contributed by atoms with van der Waals surface area (Å²) >= 11 is 0. The molecule has 0 bridgehead atoms. The molecule has 0 aliphatic carbocycles. The van der Waals surface area contributed by atoms with Crippen molar-refractivity contribution < 1.29 is 24.2 Å². The molecule has 2 saturated heterocycles. The predicted molar refractivity (Wildman–Crippen MR) is 69.0 cm³/mol. The highest BCUT2D eigenvalue weighted by molar-refractivity contribution is 5.84. The van der Waals surface area contributed by atoms with Gasteiger partial charge in [-0.05, 0) is 18.8 Å². The first-order valence-electron chi connectivity index (χ1n) is 6.82. The molecule has 3 atom stereocenters. The van der Waals surface area contributed by atoms with Crippen LogP contribution < -0.4 is 0 Å². The minimum absolute atomic E-state index is 0.0253. The lowest BCUT2D eigenvalue weighted by Gasteiger charge is -2.27. The van der Waals surface area contributed by atoms with Gasteiger partial charge in [-0.2, -0.15) is 0 Å². The van der Waals surface area contributed by atoms with Crippen molar-refractivity contribution in [1.82, 2.24) is 9.80 Å². The summed E-state index contributed by atoms with van der Waals surface area (Å²) in [5, 5.41) is 9.12. The highest BCUT2D eigenvalue weighted by Crippen LogP contribution is 2.27. The number of carboxylic acid groups (broad SMARTS) is 1. The van der Waals surface area contributed by atoms with E-state index in [0.29, 0.717) is 32.5 Å². The molecule has 7 nitrogen and oxygen atoms in total. The normalized spacial score (nSPS) is 29.6. The summed E-state index contributed by atoms with van der Waals surface area (Å²) in [6, 6.07) is -1.02. The highest BCUT2D eigenvalue weighted by Gasteiger charge is 2.42. The van der Waals surface area contributed by atoms with Crippen molar-refractivity contribution in [1.29, 1.82) is 0 Å². The van der Waals surface area contributed by atoms with Gasteiger partial charge >= 0.3 is 18.0 Å². The molecule has 0 saturated carbocycles. The van der Waals surface area contributed by atoms with Crippen LogP contribution >= 0.6 is 0 Å². The zero-order valence-electron chi connectivity index (χ0n) is 11.7. The highest BCUT2D eigenvalue weighted by atomic mass is 16.5. The number of nitrogens with zero attached hydrogens (tertiary/aromatic N) is 2. The summed E-state index contributed by atoms with van der Waals surface area (Å²) in [7, 11) is 1.33. The van der Waals surface area contributed by atoms with E-state index in [0.717, 1.165) is 0 Å². The van der Waals surface area contributed by atoms with E-state index < -0.39 is 12.0 Å². The second-order valence-electron chi connectivity index (χ2n) is 5.48. The second kappa shape index (κ2) is 5.68. The Bertz CT molecular complexity index is 425. The molecule has 1 N–H and O–H groups in total. The van der Waals surface area contributed by atoms with Crippen molar-refractivity contribution >= 4 is 18.0 Å². The Morgan fingerprint density at radius 3 is 2.55 bits per heavy atom. The Morgan fingerprint density at radius 2 is 1.95 bits per heavy atom. The molecule has 2 unspecified atom stereocenters. The molecule has 20 heavy (non-hydrogen) atoms. The zero-order valence-corrected chi connectivity index (χ0v) is 11.7. The zero-order chi connectivity index (χ0) is 14.9. The van der Waals surface area contributed by atoms with E-state index >= 15 is 0 Å². The monoisotopic (exact) mass is 284 g/mol. The maximum atomic E-state index is 12.4. The standard InChI is InChI=1S/C13H20N2O5/c1-8-6-14(7-9(8)12(18)20-2)13(19)15-5-3-4-10(15)11(16)17/h8-10H,3-7H2,1-2H3,(H,16,17)/t8?,9?,10-/m1/s1. The van der Waals surface area contributed by atoms with Gasteiger partial charge in [0.1, 0.15) is 6.04 Å². The van der Waals surface area contributed by atoms with Gasteiger partial charge in [0.15, 0.2) is 0 Å². The lowest BCUT2D eigenvalue weighted by Crippen LogP contribution is -2.47. The van der Waals surface area contributed by atoms with Crippen LogP contribution in [0.1, 0.15) is 19.8 Å². The van der Waals surface area contributed by atoms with Gasteiger partial charge in [0.05, 0.1) is 13.0 Å². The molecule has 2 rings (SSSR count). The van der Waals surface area contributed by atoms with Crippen LogP contribution in [0.3, 0.4) is 0 Å². The van der Waals surface area contributed by atoms with E-state index in [1.54, 1.807) is 4.90 Å². The van der Waals surface area contributed by atoms with E-state index in [-0.39, 0.29) is 23.8 Å². The lowest BCUT2D eigenvalue weighted by atomic mass is 9.99. The molecular formula is C13H20N2O5. The Hall–Kier alpha value is -1.79. The Balaban J connectivity index is 2.04. The molecule has 0 aromatic heterocycles. The largest absolute Gasteiger partial charge is 0.480 e. The van der Waals surface area contributed by atoms with Crippen molar-refractivity contribution in [2.45, 2.75) is 25.8 Å². The van der Waals surface area contributed by atoms with Crippen molar-refractivity contribution in [2.75, 3.05) is 26.7 Å². The van der Waals surface area contributed by atoms with Gasteiger partial charge < -0.3 is 19.6 Å². The SMILES string of the molecule is COC(=O)C1CN(C(=O)N2CCC[C@@H]2C(=O)O)CC1C. The lowest BCUT2D eigenvalue weighted by molar-refractivity contribution is -0.146.